The monoisotopic (exact) mass is 244 g/mol. The summed E-state index contributed by atoms with van der Waals surface area (Å²) in [5.74, 6) is -0.552. The second-order valence-corrected chi connectivity index (χ2v) is 3.63. The molecule has 1 aromatic carbocycles. The van der Waals surface area contributed by atoms with Crippen molar-refractivity contribution >= 4 is 12.1 Å². The van der Waals surface area contributed by atoms with Crippen LogP contribution in [0.4, 0.5) is 0 Å². The number of phenolic OH excluding ortho intramolecular Hbond substituents is 1. The Morgan fingerprint density at radius 3 is 2.89 bits per heavy atom. The molecule has 0 fully saturated rings. The predicted octanol–water partition coefficient (Wildman–Crippen LogP) is 0.890. The molecule has 0 bridgehead atoms. The van der Waals surface area contributed by atoms with E-state index in [1.807, 2.05) is 0 Å². The Morgan fingerprint density at radius 1 is 1.44 bits per heavy atom. The molecule has 0 spiro atoms. The molecule has 0 saturated carbocycles. The summed E-state index contributed by atoms with van der Waals surface area (Å²) in [5, 5.41) is 17.3. The van der Waals surface area contributed by atoms with Crippen LogP contribution in [0.25, 0.3) is 0 Å². The SMILES string of the molecule is Cn1ccc(C=NNC(=O)c2ccccc2O)n1. The molecule has 0 radical (unpaired) electrons. The fourth-order valence-electron chi connectivity index (χ4n) is 1.38. The number of aromatic hydroxyl groups is 1. The minimum Gasteiger partial charge on any atom is -0.507 e. The summed E-state index contributed by atoms with van der Waals surface area (Å²) >= 11 is 0. The molecule has 1 amide bonds. The molecule has 18 heavy (non-hydrogen) atoms. The lowest BCUT2D eigenvalue weighted by atomic mass is 10.2. The lowest BCUT2D eigenvalue weighted by molar-refractivity contribution is 0.0952. The molecular formula is C12H12N4O2. The summed E-state index contributed by atoms with van der Waals surface area (Å²) in [5.41, 5.74) is 3.13. The predicted molar refractivity (Wildman–Crippen MR) is 66.4 cm³/mol. The molecule has 0 atom stereocenters. The first-order valence-electron chi connectivity index (χ1n) is 5.28. The fourth-order valence-corrected chi connectivity index (χ4v) is 1.38. The van der Waals surface area contributed by atoms with E-state index in [9.17, 15) is 9.90 Å². The third-order valence-electron chi connectivity index (χ3n) is 2.25. The van der Waals surface area contributed by atoms with E-state index in [0.717, 1.165) is 0 Å². The maximum absolute atomic E-state index is 11.7. The molecule has 0 aliphatic heterocycles. The zero-order chi connectivity index (χ0) is 13.0. The molecule has 1 aromatic heterocycles. The number of amides is 1. The number of aryl methyl sites for hydroxylation is 1. The lowest BCUT2D eigenvalue weighted by Crippen LogP contribution is -2.17. The van der Waals surface area contributed by atoms with Crippen LogP contribution in [0.1, 0.15) is 16.1 Å². The number of hydrogen-bond acceptors (Lipinski definition) is 4. The van der Waals surface area contributed by atoms with Gasteiger partial charge in [-0.05, 0) is 18.2 Å². The highest BCUT2D eigenvalue weighted by Crippen LogP contribution is 2.14. The summed E-state index contributed by atoms with van der Waals surface area (Å²) in [4.78, 5) is 11.7. The fraction of sp³-hybridized carbons (Fsp3) is 0.0833. The van der Waals surface area contributed by atoms with Gasteiger partial charge in [-0.15, -0.1) is 0 Å². The smallest absolute Gasteiger partial charge is 0.275 e. The molecule has 0 saturated heterocycles. The molecule has 2 aromatic rings. The molecule has 0 aliphatic carbocycles. The molecule has 6 nitrogen and oxygen atoms in total. The zero-order valence-electron chi connectivity index (χ0n) is 9.74. The molecule has 2 N–H and O–H groups in total. The number of benzene rings is 1. The van der Waals surface area contributed by atoms with Crippen molar-refractivity contribution in [3.05, 3.63) is 47.8 Å². The van der Waals surface area contributed by atoms with Gasteiger partial charge in [-0.1, -0.05) is 12.1 Å². The first-order chi connectivity index (χ1) is 8.66. The van der Waals surface area contributed by atoms with Gasteiger partial charge in [0.15, 0.2) is 0 Å². The van der Waals surface area contributed by atoms with Gasteiger partial charge in [-0.2, -0.15) is 10.2 Å². The van der Waals surface area contributed by atoms with Crippen LogP contribution in [0.2, 0.25) is 0 Å². The number of carbonyl (C=O) groups excluding carboxylic acids is 1. The van der Waals surface area contributed by atoms with E-state index >= 15 is 0 Å². The van der Waals surface area contributed by atoms with Gasteiger partial charge in [0.25, 0.3) is 5.91 Å². The van der Waals surface area contributed by atoms with Gasteiger partial charge in [0, 0.05) is 13.2 Å². The van der Waals surface area contributed by atoms with Crippen molar-refractivity contribution in [2.45, 2.75) is 0 Å². The summed E-state index contributed by atoms with van der Waals surface area (Å²) in [6.45, 7) is 0. The van der Waals surface area contributed by atoms with Gasteiger partial charge in [-0.25, -0.2) is 5.43 Å². The molecule has 0 aliphatic rings. The van der Waals surface area contributed by atoms with Crippen molar-refractivity contribution < 1.29 is 9.90 Å². The van der Waals surface area contributed by atoms with Gasteiger partial charge in [-0.3, -0.25) is 9.48 Å². The third kappa shape index (κ3) is 2.73. The van der Waals surface area contributed by atoms with Crippen LogP contribution in [0.5, 0.6) is 5.75 Å². The van der Waals surface area contributed by atoms with E-state index in [1.54, 1.807) is 36.1 Å². The second-order valence-electron chi connectivity index (χ2n) is 3.63. The lowest BCUT2D eigenvalue weighted by Gasteiger charge is -2.01. The van der Waals surface area contributed by atoms with Crippen LogP contribution in [0, 0.1) is 0 Å². The van der Waals surface area contributed by atoms with Gasteiger partial charge in [0.05, 0.1) is 11.8 Å². The first kappa shape index (κ1) is 11.8. The summed E-state index contributed by atoms with van der Waals surface area (Å²) < 4.78 is 1.63. The largest absolute Gasteiger partial charge is 0.507 e. The maximum Gasteiger partial charge on any atom is 0.275 e. The van der Waals surface area contributed by atoms with Crippen molar-refractivity contribution in [3.63, 3.8) is 0 Å². The molecular weight excluding hydrogens is 232 g/mol. The van der Waals surface area contributed by atoms with Gasteiger partial charge < -0.3 is 5.11 Å². The molecule has 92 valence electrons. The summed E-state index contributed by atoms with van der Waals surface area (Å²) in [6, 6.07) is 8.02. The standard InChI is InChI=1S/C12H12N4O2/c1-16-7-6-9(15-16)8-13-14-12(18)10-4-2-3-5-11(10)17/h2-8,17H,1H3,(H,14,18). The van der Waals surface area contributed by atoms with Gasteiger partial charge >= 0.3 is 0 Å². The number of nitrogens with zero attached hydrogens (tertiary/aromatic N) is 3. The van der Waals surface area contributed by atoms with Crippen molar-refractivity contribution in [1.29, 1.82) is 0 Å². The van der Waals surface area contributed by atoms with E-state index in [4.69, 9.17) is 0 Å². The molecule has 0 unspecified atom stereocenters. The maximum atomic E-state index is 11.7. The van der Waals surface area contributed by atoms with Crippen LogP contribution >= 0.6 is 0 Å². The average Bonchev–Trinajstić information content (AvgIpc) is 2.75. The normalized spacial score (nSPS) is 10.7. The number of aromatic nitrogens is 2. The number of carbonyl (C=O) groups is 1. The van der Waals surface area contributed by atoms with Crippen molar-refractivity contribution in [2.24, 2.45) is 12.1 Å². The van der Waals surface area contributed by atoms with Crippen LogP contribution in [-0.2, 0) is 7.05 Å². The number of hydrazone groups is 1. The Balaban J connectivity index is 2.01. The van der Waals surface area contributed by atoms with Crippen LogP contribution in [0.15, 0.2) is 41.6 Å². The second kappa shape index (κ2) is 5.13. The average molecular weight is 244 g/mol. The number of para-hydroxylation sites is 1. The first-order valence-corrected chi connectivity index (χ1v) is 5.28. The third-order valence-corrected chi connectivity index (χ3v) is 2.25. The van der Waals surface area contributed by atoms with Crippen molar-refractivity contribution in [3.8, 4) is 5.75 Å². The number of rotatable bonds is 3. The molecule has 6 heteroatoms. The van der Waals surface area contributed by atoms with Crippen LogP contribution in [-0.4, -0.2) is 27.0 Å². The topological polar surface area (TPSA) is 79.5 Å². The zero-order valence-corrected chi connectivity index (χ0v) is 9.74. The molecule has 1 heterocycles. The Bertz CT molecular complexity index is 589. The minimum atomic E-state index is -0.472. The number of hydrogen-bond donors (Lipinski definition) is 2. The van der Waals surface area contributed by atoms with Crippen molar-refractivity contribution in [1.82, 2.24) is 15.2 Å². The van der Waals surface area contributed by atoms with Crippen LogP contribution in [0.3, 0.4) is 0 Å². The minimum absolute atomic E-state index is 0.0805. The Hall–Kier alpha value is -2.63. The Labute approximate surface area is 104 Å². The van der Waals surface area contributed by atoms with E-state index in [0.29, 0.717) is 5.69 Å². The van der Waals surface area contributed by atoms with E-state index < -0.39 is 5.91 Å². The highest BCUT2D eigenvalue weighted by atomic mass is 16.3. The highest BCUT2D eigenvalue weighted by molar-refractivity contribution is 5.97. The summed E-state index contributed by atoms with van der Waals surface area (Å²) in [6.07, 6.45) is 3.20. The van der Waals surface area contributed by atoms with E-state index in [2.05, 4.69) is 15.6 Å². The summed E-state index contributed by atoms with van der Waals surface area (Å²) in [7, 11) is 1.79. The van der Waals surface area contributed by atoms with Gasteiger partial charge in [0.1, 0.15) is 11.4 Å². The van der Waals surface area contributed by atoms with Gasteiger partial charge in [0.2, 0.25) is 0 Å². The number of phenols is 1. The van der Waals surface area contributed by atoms with Crippen molar-refractivity contribution in [2.75, 3.05) is 0 Å². The quantitative estimate of drug-likeness (QED) is 0.621. The highest BCUT2D eigenvalue weighted by Gasteiger charge is 2.08. The molecule has 2 rings (SSSR count). The van der Waals surface area contributed by atoms with E-state index in [1.165, 1.54) is 18.3 Å². The van der Waals surface area contributed by atoms with Crippen LogP contribution < -0.4 is 5.43 Å². The van der Waals surface area contributed by atoms with E-state index in [-0.39, 0.29) is 11.3 Å². The Kier molecular flexibility index (Phi) is 3.38. The number of nitrogens with one attached hydrogen (secondary N) is 1. The Morgan fingerprint density at radius 2 is 2.22 bits per heavy atom.